The molecule has 0 spiro atoms. The van der Waals surface area contributed by atoms with E-state index in [0.717, 1.165) is 128 Å². The molecule has 9 heteroatoms. The van der Waals surface area contributed by atoms with Gasteiger partial charge in [0.25, 0.3) is 0 Å². The van der Waals surface area contributed by atoms with Gasteiger partial charge in [-0.3, -0.25) is 4.79 Å². The Morgan fingerprint density at radius 3 is 1.38 bits per heavy atom. The summed E-state index contributed by atoms with van der Waals surface area (Å²) in [6, 6.07) is -0.734. The molecule has 1 fully saturated rings. The third kappa shape index (κ3) is 34.3. The Balaban J connectivity index is 2.07. The first-order chi connectivity index (χ1) is 31.8. The van der Waals surface area contributed by atoms with Gasteiger partial charge in [0.15, 0.2) is 6.29 Å². The molecule has 0 aromatic carbocycles. The van der Waals surface area contributed by atoms with E-state index in [2.05, 4.69) is 153 Å². The van der Waals surface area contributed by atoms with E-state index >= 15 is 0 Å². The SMILES string of the molecule is CC/C=C\C/C=C\C/C=C\C/C=C\C/C=C\C/C=C\C/C=C\C/C=C\C/C=C\C/C=C\C/C=C\CCCCCCCC(=O)NC(COC1OC(CO)C(O)C(O)C1O)C(O)CCCCC. The van der Waals surface area contributed by atoms with Gasteiger partial charge in [-0.2, -0.15) is 0 Å². The lowest BCUT2D eigenvalue weighted by Crippen LogP contribution is -2.60. The number of allylic oxidation sites excluding steroid dienone is 22. The second-order valence-electron chi connectivity index (χ2n) is 16.5. The number of rotatable bonds is 39. The number of carbonyl (C=O) groups excluding carboxylic acids is 1. The summed E-state index contributed by atoms with van der Waals surface area (Å²) in [4.78, 5) is 12.8. The molecule has 1 saturated heterocycles. The van der Waals surface area contributed by atoms with E-state index in [9.17, 15) is 30.3 Å². The maximum Gasteiger partial charge on any atom is 0.220 e. The van der Waals surface area contributed by atoms with Gasteiger partial charge in [-0.05, 0) is 96.3 Å². The molecule has 0 radical (unpaired) electrons. The van der Waals surface area contributed by atoms with E-state index < -0.39 is 49.5 Å². The number of hydrogen-bond donors (Lipinski definition) is 6. The van der Waals surface area contributed by atoms with Gasteiger partial charge in [0, 0.05) is 6.42 Å². The Bertz CT molecular complexity index is 1470. The number of hydrogen-bond acceptors (Lipinski definition) is 8. The van der Waals surface area contributed by atoms with Crippen LogP contribution in [0, 0.1) is 0 Å². The lowest BCUT2D eigenvalue weighted by Gasteiger charge is -2.40. The fraction of sp³-hybridized carbons (Fsp3) is 0.589. The average Bonchev–Trinajstić information content (AvgIpc) is 3.30. The molecule has 0 saturated carbocycles. The third-order valence-corrected chi connectivity index (χ3v) is 10.8. The molecule has 65 heavy (non-hydrogen) atoms. The third-order valence-electron chi connectivity index (χ3n) is 10.8. The van der Waals surface area contributed by atoms with Crippen molar-refractivity contribution in [3.8, 4) is 0 Å². The summed E-state index contributed by atoms with van der Waals surface area (Å²) in [5, 5.41) is 53.6. The lowest BCUT2D eigenvalue weighted by molar-refractivity contribution is -0.302. The Labute approximate surface area is 394 Å². The summed E-state index contributed by atoms with van der Waals surface area (Å²) >= 11 is 0. The Morgan fingerprint density at radius 2 is 0.954 bits per heavy atom. The van der Waals surface area contributed by atoms with Crippen LogP contribution in [0.4, 0.5) is 0 Å². The van der Waals surface area contributed by atoms with E-state index in [0.29, 0.717) is 12.8 Å². The molecule has 7 atom stereocenters. The van der Waals surface area contributed by atoms with Crippen LogP contribution >= 0.6 is 0 Å². The number of carbonyl (C=O) groups is 1. The smallest absolute Gasteiger partial charge is 0.220 e. The molecular formula is C56H89NO8. The zero-order chi connectivity index (χ0) is 47.3. The van der Waals surface area contributed by atoms with Crippen LogP contribution in [-0.4, -0.2) is 87.5 Å². The fourth-order valence-electron chi connectivity index (χ4n) is 6.81. The van der Waals surface area contributed by atoms with Crippen molar-refractivity contribution < 1.29 is 39.8 Å². The number of amides is 1. The van der Waals surface area contributed by atoms with E-state index in [1.54, 1.807) is 0 Å². The van der Waals surface area contributed by atoms with Crippen LogP contribution in [0.2, 0.25) is 0 Å². The van der Waals surface area contributed by atoms with Crippen LogP contribution in [0.1, 0.15) is 155 Å². The molecule has 1 aliphatic heterocycles. The molecule has 0 bridgehead atoms. The molecule has 1 amide bonds. The number of ether oxygens (including phenoxy) is 2. The zero-order valence-electron chi connectivity index (χ0n) is 40.2. The first-order valence-electron chi connectivity index (χ1n) is 24.9. The van der Waals surface area contributed by atoms with Crippen molar-refractivity contribution >= 4 is 5.91 Å². The number of unbranched alkanes of at least 4 members (excludes halogenated alkanes) is 7. The number of nitrogens with one attached hydrogen (secondary N) is 1. The van der Waals surface area contributed by atoms with Gasteiger partial charge in [-0.25, -0.2) is 0 Å². The highest BCUT2D eigenvalue weighted by Crippen LogP contribution is 2.22. The highest BCUT2D eigenvalue weighted by atomic mass is 16.7. The van der Waals surface area contributed by atoms with Crippen molar-refractivity contribution in [1.82, 2.24) is 5.32 Å². The molecule has 7 unspecified atom stereocenters. The fourth-order valence-corrected chi connectivity index (χ4v) is 6.81. The minimum absolute atomic E-state index is 0.160. The van der Waals surface area contributed by atoms with Gasteiger partial charge < -0.3 is 40.3 Å². The molecule has 9 nitrogen and oxygen atoms in total. The molecular weight excluding hydrogens is 815 g/mol. The first kappa shape index (κ1) is 59.3. The van der Waals surface area contributed by atoms with Crippen molar-refractivity contribution in [2.75, 3.05) is 13.2 Å². The largest absolute Gasteiger partial charge is 0.394 e. The number of aliphatic hydroxyl groups excluding tert-OH is 5. The van der Waals surface area contributed by atoms with E-state index in [1.807, 2.05) is 0 Å². The van der Waals surface area contributed by atoms with Crippen LogP contribution in [0.5, 0.6) is 0 Å². The summed E-state index contributed by atoms with van der Waals surface area (Å²) in [7, 11) is 0. The standard InChI is InChI=1S/C56H89NO8/c1-3-5-7-8-9-10-11-12-13-14-15-16-17-18-19-20-21-22-23-24-25-26-27-28-29-30-31-32-33-34-35-36-37-38-39-40-41-42-44-46-52(60)57-49(50(59)45-43-6-4-2)48-64-56-55(63)54(62)53(61)51(47-58)65-56/h5,7,9-10,12-13,15-16,18-19,21-22,24-25,27-28,30-31,33-34,36-37,49-51,53-56,58-59,61-63H,3-4,6,8,11,14,17,20,23,26,29,32,35,38-48H2,1-2H3,(H,57,60)/b7-5-,10-9-,13-12-,16-15-,19-18-,22-21-,25-24-,28-27-,31-30-,34-33-,37-36-. The van der Waals surface area contributed by atoms with Gasteiger partial charge in [0.2, 0.25) is 5.91 Å². The highest BCUT2D eigenvalue weighted by molar-refractivity contribution is 5.76. The molecule has 6 N–H and O–H groups in total. The van der Waals surface area contributed by atoms with Gasteiger partial charge in [-0.1, -0.05) is 186 Å². The zero-order valence-corrected chi connectivity index (χ0v) is 40.2. The normalized spacial score (nSPS) is 21.1. The summed E-state index contributed by atoms with van der Waals surface area (Å²) < 4.78 is 11.1. The minimum atomic E-state index is -1.56. The molecule has 0 aromatic heterocycles. The second kappa shape index (κ2) is 44.2. The highest BCUT2D eigenvalue weighted by Gasteiger charge is 2.44. The number of aliphatic hydroxyl groups is 5. The maximum atomic E-state index is 12.8. The second-order valence-corrected chi connectivity index (χ2v) is 16.5. The monoisotopic (exact) mass is 904 g/mol. The van der Waals surface area contributed by atoms with Gasteiger partial charge in [0.05, 0.1) is 25.4 Å². The Morgan fingerprint density at radius 1 is 0.538 bits per heavy atom. The molecule has 0 aliphatic carbocycles. The Hall–Kier alpha value is -3.67. The maximum absolute atomic E-state index is 12.8. The average molecular weight is 904 g/mol. The van der Waals surface area contributed by atoms with Crippen LogP contribution in [0.25, 0.3) is 0 Å². The molecule has 1 heterocycles. The van der Waals surface area contributed by atoms with Crippen LogP contribution in [0.3, 0.4) is 0 Å². The van der Waals surface area contributed by atoms with Crippen molar-refractivity contribution in [2.45, 2.75) is 198 Å². The quantitative estimate of drug-likeness (QED) is 0.0264. The summed E-state index contributed by atoms with van der Waals surface area (Å²) in [6.07, 6.45) is 61.5. The summed E-state index contributed by atoms with van der Waals surface area (Å²) in [5.41, 5.74) is 0. The predicted molar refractivity (Wildman–Crippen MR) is 271 cm³/mol. The van der Waals surface area contributed by atoms with Gasteiger partial charge in [0.1, 0.15) is 24.4 Å². The van der Waals surface area contributed by atoms with Crippen LogP contribution in [-0.2, 0) is 14.3 Å². The van der Waals surface area contributed by atoms with Crippen LogP contribution < -0.4 is 5.32 Å². The Kier molecular flexibility index (Phi) is 40.3. The minimum Gasteiger partial charge on any atom is -0.394 e. The lowest BCUT2D eigenvalue weighted by atomic mass is 9.99. The molecule has 0 aromatic rings. The summed E-state index contributed by atoms with van der Waals surface area (Å²) in [5.74, 6) is -0.183. The molecule has 1 rings (SSSR count). The van der Waals surface area contributed by atoms with Gasteiger partial charge >= 0.3 is 0 Å². The molecule has 366 valence electrons. The summed E-state index contributed by atoms with van der Waals surface area (Å²) in [6.45, 7) is 3.50. The predicted octanol–water partition coefficient (Wildman–Crippen LogP) is 11.4. The van der Waals surface area contributed by atoms with Crippen LogP contribution in [0.15, 0.2) is 134 Å². The topological polar surface area (TPSA) is 149 Å². The van der Waals surface area contributed by atoms with Crippen molar-refractivity contribution in [3.63, 3.8) is 0 Å². The van der Waals surface area contributed by atoms with E-state index in [-0.39, 0.29) is 12.5 Å². The van der Waals surface area contributed by atoms with Gasteiger partial charge in [-0.15, -0.1) is 0 Å². The van der Waals surface area contributed by atoms with Crippen molar-refractivity contribution in [3.05, 3.63) is 134 Å². The van der Waals surface area contributed by atoms with Crippen molar-refractivity contribution in [1.29, 1.82) is 0 Å². The van der Waals surface area contributed by atoms with E-state index in [1.165, 1.54) is 0 Å². The molecule has 1 aliphatic rings. The van der Waals surface area contributed by atoms with Crippen molar-refractivity contribution in [2.24, 2.45) is 0 Å². The van der Waals surface area contributed by atoms with E-state index in [4.69, 9.17) is 9.47 Å². The first-order valence-corrected chi connectivity index (χ1v) is 24.9.